The maximum atomic E-state index is 12.5. The maximum absolute atomic E-state index is 12.5. The summed E-state index contributed by atoms with van der Waals surface area (Å²) in [4.78, 5) is 29.8. The van der Waals surface area contributed by atoms with Crippen LogP contribution in [-0.2, 0) is 0 Å². The number of aryl methyl sites for hydroxylation is 1. The molecule has 2 heterocycles. The van der Waals surface area contributed by atoms with Gasteiger partial charge in [0.15, 0.2) is 0 Å². The first-order chi connectivity index (χ1) is 12.6. The monoisotopic (exact) mass is 354 g/mol. The molecule has 0 unspecified atom stereocenters. The topological polar surface area (TPSA) is 88.4 Å². The zero-order chi connectivity index (χ0) is 18.5. The van der Waals surface area contributed by atoms with Crippen LogP contribution in [0.3, 0.4) is 0 Å². The lowest BCUT2D eigenvalue weighted by Gasteiger charge is -2.22. The Balaban J connectivity index is 1.87. The lowest BCUT2D eigenvalue weighted by Crippen LogP contribution is -2.25. The van der Waals surface area contributed by atoms with E-state index in [2.05, 4.69) is 15.2 Å². The highest BCUT2D eigenvalue weighted by Gasteiger charge is 2.23. The van der Waals surface area contributed by atoms with Gasteiger partial charge in [-0.3, -0.25) is 14.9 Å². The molecule has 0 aliphatic carbocycles. The molecule has 26 heavy (non-hydrogen) atoms. The summed E-state index contributed by atoms with van der Waals surface area (Å²) < 4.78 is 0. The number of carbonyl (C=O) groups excluding carboxylic acids is 1. The molecule has 0 atom stereocenters. The Morgan fingerprint density at radius 3 is 2.58 bits per heavy atom. The largest absolute Gasteiger partial charge is 0.366 e. The van der Waals surface area contributed by atoms with Crippen LogP contribution in [0, 0.1) is 17.0 Å². The van der Waals surface area contributed by atoms with E-state index in [1.807, 2.05) is 13.0 Å². The van der Waals surface area contributed by atoms with Gasteiger partial charge in [0.2, 0.25) is 0 Å². The van der Waals surface area contributed by atoms with Crippen molar-refractivity contribution in [3.05, 3.63) is 57.8 Å². The molecule has 1 fully saturated rings. The van der Waals surface area contributed by atoms with Crippen LogP contribution in [0.1, 0.15) is 41.6 Å². The van der Waals surface area contributed by atoms with Crippen LogP contribution in [0.15, 0.2) is 36.5 Å². The molecule has 1 aliphatic heterocycles. The van der Waals surface area contributed by atoms with Gasteiger partial charge in [-0.15, -0.1) is 0 Å². The Bertz CT molecular complexity index is 814. The molecule has 0 spiro atoms. The summed E-state index contributed by atoms with van der Waals surface area (Å²) in [5, 5.41) is 14.3. The standard InChI is InChI=1S/C19H22N4O3/c1-14-7-6-10-20-18(14)21-19(24)15-8-9-16(17(13-15)23(25)26)22-11-4-2-3-5-12-22/h6-10,13H,2-5,11-12H2,1H3,(H,20,21,24). The van der Waals surface area contributed by atoms with Gasteiger partial charge in [0.1, 0.15) is 11.5 Å². The van der Waals surface area contributed by atoms with Crippen molar-refractivity contribution in [3.8, 4) is 0 Å². The van der Waals surface area contributed by atoms with Crippen molar-refractivity contribution in [1.29, 1.82) is 0 Å². The minimum Gasteiger partial charge on any atom is -0.366 e. The number of nitrogens with zero attached hydrogens (tertiary/aromatic N) is 3. The second kappa shape index (κ2) is 7.95. The molecule has 1 aromatic carbocycles. The number of benzene rings is 1. The number of amides is 1. The van der Waals surface area contributed by atoms with Gasteiger partial charge in [-0.2, -0.15) is 0 Å². The summed E-state index contributed by atoms with van der Waals surface area (Å²) in [5.74, 6) is 0.0501. The number of carbonyl (C=O) groups is 1. The van der Waals surface area contributed by atoms with Gasteiger partial charge in [0.05, 0.1) is 4.92 Å². The minimum absolute atomic E-state index is 0.0303. The van der Waals surface area contributed by atoms with E-state index >= 15 is 0 Å². The molecule has 7 nitrogen and oxygen atoms in total. The first-order valence-electron chi connectivity index (χ1n) is 8.82. The Labute approximate surface area is 152 Å². The average Bonchev–Trinajstić information content (AvgIpc) is 2.92. The van der Waals surface area contributed by atoms with Gasteiger partial charge in [0.25, 0.3) is 11.6 Å². The summed E-state index contributed by atoms with van der Waals surface area (Å²) in [6, 6.07) is 8.30. The minimum atomic E-state index is -0.414. The van der Waals surface area contributed by atoms with Crippen molar-refractivity contribution in [2.45, 2.75) is 32.6 Å². The van der Waals surface area contributed by atoms with Crippen LogP contribution in [-0.4, -0.2) is 28.9 Å². The normalized spacial score (nSPS) is 14.6. The summed E-state index contributed by atoms with van der Waals surface area (Å²) in [6.45, 7) is 3.45. The van der Waals surface area contributed by atoms with Gasteiger partial charge in [0, 0.05) is 30.9 Å². The van der Waals surface area contributed by atoms with Crippen molar-refractivity contribution in [3.63, 3.8) is 0 Å². The van der Waals surface area contributed by atoms with Crippen molar-refractivity contribution in [2.75, 3.05) is 23.3 Å². The fourth-order valence-electron chi connectivity index (χ4n) is 3.19. The van der Waals surface area contributed by atoms with E-state index in [0.717, 1.165) is 44.3 Å². The Kier molecular flexibility index (Phi) is 5.46. The van der Waals surface area contributed by atoms with Crippen molar-refractivity contribution in [2.24, 2.45) is 0 Å². The summed E-state index contributed by atoms with van der Waals surface area (Å²) in [6.07, 6.45) is 5.94. The Hall–Kier alpha value is -2.96. The molecular weight excluding hydrogens is 332 g/mol. The summed E-state index contributed by atoms with van der Waals surface area (Å²) in [5.41, 5.74) is 1.64. The molecule has 2 aromatic rings. The molecule has 7 heteroatoms. The first-order valence-corrected chi connectivity index (χ1v) is 8.82. The van der Waals surface area contributed by atoms with Crippen LogP contribution in [0.4, 0.5) is 17.2 Å². The van der Waals surface area contributed by atoms with Crippen molar-refractivity contribution in [1.82, 2.24) is 4.98 Å². The number of nitro groups is 1. The van der Waals surface area contributed by atoms with Gasteiger partial charge in [-0.1, -0.05) is 18.9 Å². The highest BCUT2D eigenvalue weighted by atomic mass is 16.6. The molecule has 1 amide bonds. The van der Waals surface area contributed by atoms with Gasteiger partial charge < -0.3 is 10.2 Å². The average molecular weight is 354 g/mol. The molecule has 0 radical (unpaired) electrons. The van der Waals surface area contributed by atoms with Crippen LogP contribution >= 0.6 is 0 Å². The van der Waals surface area contributed by atoms with Crippen LogP contribution in [0.25, 0.3) is 0 Å². The molecule has 0 saturated carbocycles. The Morgan fingerprint density at radius 2 is 1.92 bits per heavy atom. The molecule has 1 N–H and O–H groups in total. The number of rotatable bonds is 4. The lowest BCUT2D eigenvalue weighted by molar-refractivity contribution is -0.384. The quantitative estimate of drug-likeness (QED) is 0.664. The summed E-state index contributed by atoms with van der Waals surface area (Å²) in [7, 11) is 0. The van der Waals surface area contributed by atoms with Gasteiger partial charge in [-0.05, 0) is 43.5 Å². The fourth-order valence-corrected chi connectivity index (χ4v) is 3.19. The third-order valence-corrected chi connectivity index (χ3v) is 4.62. The number of hydrogen-bond acceptors (Lipinski definition) is 5. The molecule has 3 rings (SSSR count). The second-order valence-electron chi connectivity index (χ2n) is 6.48. The van der Waals surface area contributed by atoms with Gasteiger partial charge >= 0.3 is 0 Å². The SMILES string of the molecule is Cc1cccnc1NC(=O)c1ccc(N2CCCCCC2)c([N+](=O)[O-])c1. The Morgan fingerprint density at radius 1 is 1.19 bits per heavy atom. The number of pyridine rings is 1. The number of nitrogens with one attached hydrogen (secondary N) is 1. The first kappa shape index (κ1) is 17.8. The number of aromatic nitrogens is 1. The van der Waals surface area contributed by atoms with E-state index < -0.39 is 10.8 Å². The zero-order valence-electron chi connectivity index (χ0n) is 14.8. The lowest BCUT2D eigenvalue weighted by atomic mass is 10.1. The van der Waals surface area contributed by atoms with E-state index in [1.54, 1.807) is 24.4 Å². The molecule has 0 bridgehead atoms. The highest BCUT2D eigenvalue weighted by molar-refractivity contribution is 6.05. The smallest absolute Gasteiger partial charge is 0.293 e. The second-order valence-corrected chi connectivity index (χ2v) is 6.48. The predicted octanol–water partition coefficient (Wildman–Crippen LogP) is 3.93. The molecule has 136 valence electrons. The van der Waals surface area contributed by atoms with Gasteiger partial charge in [-0.25, -0.2) is 4.98 Å². The number of nitro benzene ring substituents is 1. The number of hydrogen-bond donors (Lipinski definition) is 1. The van der Waals surface area contributed by atoms with E-state index in [0.29, 0.717) is 11.5 Å². The zero-order valence-corrected chi connectivity index (χ0v) is 14.8. The van der Waals surface area contributed by atoms with E-state index in [1.165, 1.54) is 6.07 Å². The third kappa shape index (κ3) is 3.99. The van der Waals surface area contributed by atoms with E-state index in [-0.39, 0.29) is 11.3 Å². The van der Waals surface area contributed by atoms with Crippen LogP contribution in [0.2, 0.25) is 0 Å². The molecule has 1 aromatic heterocycles. The van der Waals surface area contributed by atoms with Crippen LogP contribution < -0.4 is 10.2 Å². The van der Waals surface area contributed by atoms with Crippen molar-refractivity contribution >= 4 is 23.1 Å². The van der Waals surface area contributed by atoms with Crippen molar-refractivity contribution < 1.29 is 9.72 Å². The predicted molar refractivity (Wildman–Crippen MR) is 101 cm³/mol. The summed E-state index contributed by atoms with van der Waals surface area (Å²) >= 11 is 0. The van der Waals surface area contributed by atoms with Crippen LogP contribution in [0.5, 0.6) is 0 Å². The maximum Gasteiger partial charge on any atom is 0.293 e. The van der Waals surface area contributed by atoms with E-state index in [9.17, 15) is 14.9 Å². The third-order valence-electron chi connectivity index (χ3n) is 4.62. The molecule has 1 saturated heterocycles. The van der Waals surface area contributed by atoms with E-state index in [4.69, 9.17) is 0 Å². The highest BCUT2D eigenvalue weighted by Crippen LogP contribution is 2.31. The number of anilines is 2. The molecular formula is C19H22N4O3. The fraction of sp³-hybridized carbons (Fsp3) is 0.368. The molecule has 1 aliphatic rings.